The van der Waals surface area contributed by atoms with Crippen molar-refractivity contribution in [1.29, 1.82) is 0 Å². The van der Waals surface area contributed by atoms with Crippen LogP contribution in [0.5, 0.6) is 0 Å². The van der Waals surface area contributed by atoms with E-state index in [0.717, 1.165) is 0 Å². The van der Waals surface area contributed by atoms with Crippen LogP contribution in [0.2, 0.25) is 0 Å². The van der Waals surface area contributed by atoms with Crippen molar-refractivity contribution in [1.82, 2.24) is 15.1 Å². The van der Waals surface area contributed by atoms with Crippen molar-refractivity contribution < 1.29 is 26.1 Å². The average molecular weight is 384 g/mol. The monoisotopic (exact) mass is 384 g/mol. The number of alkyl halides is 3. The first kappa shape index (κ1) is 17.9. The van der Waals surface area contributed by atoms with E-state index in [4.69, 9.17) is 0 Å². The minimum Gasteiger partial charge on any atom is -0.329 e. The van der Waals surface area contributed by atoms with Crippen LogP contribution in [0.25, 0.3) is 11.4 Å². The van der Waals surface area contributed by atoms with Crippen LogP contribution in [0.3, 0.4) is 0 Å². The largest absolute Gasteiger partial charge is 0.471 e. The molecule has 7 nitrogen and oxygen atoms in total. The van der Waals surface area contributed by atoms with E-state index in [1.54, 1.807) is 6.92 Å². The topological polar surface area (TPSA) is 98.0 Å². The van der Waals surface area contributed by atoms with Gasteiger partial charge in [0.05, 0.1) is 10.6 Å². The summed E-state index contributed by atoms with van der Waals surface area (Å²) in [5.41, 5.74) is 1.19. The van der Waals surface area contributed by atoms with E-state index in [1.165, 1.54) is 42.7 Å². The van der Waals surface area contributed by atoms with Crippen LogP contribution in [0.1, 0.15) is 11.5 Å². The molecule has 0 bridgehead atoms. The molecule has 3 aromatic rings. The molecule has 0 aliphatic carbocycles. The van der Waals surface area contributed by atoms with E-state index in [1.807, 2.05) is 0 Å². The summed E-state index contributed by atoms with van der Waals surface area (Å²) in [7, 11) is -3.87. The number of sulfonamides is 1. The third-order valence-electron chi connectivity index (χ3n) is 3.36. The summed E-state index contributed by atoms with van der Waals surface area (Å²) in [4.78, 5) is 7.05. The summed E-state index contributed by atoms with van der Waals surface area (Å²) in [6, 6.07) is 6.56. The smallest absolute Gasteiger partial charge is 0.329 e. The van der Waals surface area contributed by atoms with Crippen LogP contribution < -0.4 is 4.72 Å². The highest BCUT2D eigenvalue weighted by Gasteiger charge is 2.38. The fourth-order valence-electron chi connectivity index (χ4n) is 2.03. The van der Waals surface area contributed by atoms with Gasteiger partial charge >= 0.3 is 12.1 Å². The maximum Gasteiger partial charge on any atom is 0.471 e. The molecule has 26 heavy (non-hydrogen) atoms. The van der Waals surface area contributed by atoms with Crippen molar-refractivity contribution >= 4 is 15.7 Å². The molecule has 0 unspecified atom stereocenters. The maximum atomic E-state index is 12.5. The number of pyridine rings is 1. The van der Waals surface area contributed by atoms with Crippen LogP contribution >= 0.6 is 0 Å². The zero-order valence-electron chi connectivity index (χ0n) is 13.1. The van der Waals surface area contributed by atoms with E-state index in [2.05, 4.69) is 24.4 Å². The lowest BCUT2D eigenvalue weighted by molar-refractivity contribution is -0.159. The summed E-state index contributed by atoms with van der Waals surface area (Å²) < 4.78 is 68.9. The number of benzene rings is 1. The number of nitrogens with zero attached hydrogens (tertiary/aromatic N) is 3. The molecule has 11 heteroatoms. The average Bonchev–Trinajstić information content (AvgIpc) is 3.07. The maximum absolute atomic E-state index is 12.5. The Labute approximate surface area is 145 Å². The van der Waals surface area contributed by atoms with Crippen LogP contribution in [-0.4, -0.2) is 23.5 Å². The van der Waals surface area contributed by atoms with Gasteiger partial charge in [-0.15, -0.1) is 0 Å². The van der Waals surface area contributed by atoms with Crippen molar-refractivity contribution in [3.05, 3.63) is 54.2 Å². The highest BCUT2D eigenvalue weighted by Crippen LogP contribution is 2.29. The summed E-state index contributed by atoms with van der Waals surface area (Å²) in [5.74, 6) is -1.77. The summed E-state index contributed by atoms with van der Waals surface area (Å²) in [6.07, 6.45) is -1.79. The Morgan fingerprint density at radius 1 is 1.12 bits per heavy atom. The van der Waals surface area contributed by atoms with Gasteiger partial charge in [-0.3, -0.25) is 9.71 Å². The molecule has 0 aliphatic heterocycles. The lowest BCUT2D eigenvalue weighted by Crippen LogP contribution is -2.13. The fraction of sp³-hybridized carbons (Fsp3) is 0.133. The first-order valence-electron chi connectivity index (χ1n) is 7.11. The highest BCUT2D eigenvalue weighted by atomic mass is 32.2. The number of halogens is 3. The third-order valence-corrected chi connectivity index (χ3v) is 4.74. The van der Waals surface area contributed by atoms with Crippen LogP contribution in [0, 0.1) is 6.92 Å². The quantitative estimate of drug-likeness (QED) is 0.741. The molecule has 0 aliphatic rings. The van der Waals surface area contributed by atoms with Crippen molar-refractivity contribution in [2.24, 2.45) is 0 Å². The highest BCUT2D eigenvalue weighted by molar-refractivity contribution is 7.92. The number of aryl methyl sites for hydroxylation is 1. The van der Waals surface area contributed by atoms with Gasteiger partial charge in [0.25, 0.3) is 10.0 Å². The van der Waals surface area contributed by atoms with Crippen molar-refractivity contribution in [3.8, 4) is 11.4 Å². The van der Waals surface area contributed by atoms with Gasteiger partial charge in [0, 0.05) is 18.0 Å². The van der Waals surface area contributed by atoms with Gasteiger partial charge < -0.3 is 4.52 Å². The molecule has 0 saturated heterocycles. The summed E-state index contributed by atoms with van der Waals surface area (Å²) in [6.45, 7) is 1.70. The number of aromatic nitrogens is 3. The van der Waals surface area contributed by atoms with Gasteiger partial charge in [0.15, 0.2) is 0 Å². The molecule has 0 amide bonds. The van der Waals surface area contributed by atoms with Crippen molar-refractivity contribution in [2.75, 3.05) is 4.72 Å². The molecule has 1 N–H and O–H groups in total. The van der Waals surface area contributed by atoms with Crippen molar-refractivity contribution in [3.63, 3.8) is 0 Å². The number of anilines is 1. The van der Waals surface area contributed by atoms with Crippen LogP contribution in [-0.2, 0) is 16.2 Å². The Balaban J connectivity index is 1.85. The Bertz CT molecular complexity index is 1030. The molecule has 1 aromatic carbocycles. The molecule has 0 atom stereocenters. The van der Waals surface area contributed by atoms with Gasteiger partial charge in [0.1, 0.15) is 0 Å². The van der Waals surface area contributed by atoms with Crippen LogP contribution in [0.4, 0.5) is 18.9 Å². The Morgan fingerprint density at radius 3 is 2.38 bits per heavy atom. The second kappa shape index (κ2) is 6.41. The minimum atomic E-state index is -4.75. The molecule has 0 radical (unpaired) electrons. The fourth-order valence-corrected chi connectivity index (χ4v) is 3.16. The zero-order valence-corrected chi connectivity index (χ0v) is 14.0. The zero-order chi connectivity index (χ0) is 18.9. The molecule has 0 saturated carbocycles. The van der Waals surface area contributed by atoms with E-state index in [9.17, 15) is 21.6 Å². The lowest BCUT2D eigenvalue weighted by atomic mass is 10.2. The first-order valence-corrected chi connectivity index (χ1v) is 8.60. The van der Waals surface area contributed by atoms with Gasteiger partial charge in [0.2, 0.25) is 5.82 Å². The van der Waals surface area contributed by atoms with Crippen LogP contribution in [0.15, 0.2) is 52.1 Å². The molecular weight excluding hydrogens is 373 g/mol. The molecule has 0 spiro atoms. The first-order chi connectivity index (χ1) is 12.2. The van der Waals surface area contributed by atoms with E-state index < -0.39 is 22.1 Å². The van der Waals surface area contributed by atoms with Crippen molar-refractivity contribution in [2.45, 2.75) is 18.0 Å². The molecule has 3 rings (SSSR count). The predicted octanol–water partition coefficient (Wildman–Crippen LogP) is 3.26. The van der Waals surface area contributed by atoms with E-state index in [-0.39, 0.29) is 16.3 Å². The molecule has 2 heterocycles. The number of hydrogen-bond acceptors (Lipinski definition) is 6. The van der Waals surface area contributed by atoms with Gasteiger partial charge in [-0.05, 0) is 42.8 Å². The Morgan fingerprint density at radius 2 is 1.81 bits per heavy atom. The SMILES string of the molecule is Cc1cnccc1NS(=O)(=O)c1ccc(-c2noc(C(F)(F)F)n2)cc1. The summed E-state index contributed by atoms with van der Waals surface area (Å²) >= 11 is 0. The van der Waals surface area contributed by atoms with Gasteiger partial charge in [-0.25, -0.2) is 8.42 Å². The molecule has 136 valence electrons. The summed E-state index contributed by atoms with van der Waals surface area (Å²) in [5, 5.41) is 3.25. The Hall–Kier alpha value is -2.95. The standard InChI is InChI=1S/C15H11F3N4O3S/c1-9-8-19-7-6-12(9)22-26(23,24)11-4-2-10(3-5-11)13-20-14(25-21-13)15(16,17)18/h2-8H,1H3,(H,19,22). The normalized spacial score (nSPS) is 12.2. The molecule has 0 fully saturated rings. The van der Waals surface area contributed by atoms with Gasteiger partial charge in [-0.1, -0.05) is 5.16 Å². The number of nitrogens with one attached hydrogen (secondary N) is 1. The van der Waals surface area contributed by atoms with Gasteiger partial charge in [-0.2, -0.15) is 18.2 Å². The number of rotatable bonds is 4. The minimum absolute atomic E-state index is 0.0722. The second-order valence-electron chi connectivity index (χ2n) is 5.24. The van der Waals surface area contributed by atoms with E-state index >= 15 is 0 Å². The molecular formula is C15H11F3N4O3S. The number of hydrogen-bond donors (Lipinski definition) is 1. The molecule has 2 aromatic heterocycles. The lowest BCUT2D eigenvalue weighted by Gasteiger charge is -2.10. The third kappa shape index (κ3) is 3.67. The van der Waals surface area contributed by atoms with E-state index in [0.29, 0.717) is 11.3 Å². The predicted molar refractivity (Wildman–Crippen MR) is 84.5 cm³/mol. The second-order valence-corrected chi connectivity index (χ2v) is 6.92. The Kier molecular flexibility index (Phi) is 4.40.